The Labute approximate surface area is 96.9 Å². The Kier molecular flexibility index (Phi) is 3.00. The average Bonchev–Trinajstić information content (AvgIpc) is 2.89. The van der Waals surface area contributed by atoms with E-state index in [-0.39, 0.29) is 5.91 Å². The standard InChI is InChI=1S/C10H12N4OS/c1-3-7-6(2)9(14-13-7)12-10(15)8-4-16-5-11-8/h4-5H,3H2,1-2H3,(H2,12,13,14,15). The summed E-state index contributed by atoms with van der Waals surface area (Å²) in [6, 6.07) is 0. The Morgan fingerprint density at radius 1 is 1.62 bits per heavy atom. The quantitative estimate of drug-likeness (QED) is 0.856. The number of H-pyrrole nitrogens is 1. The summed E-state index contributed by atoms with van der Waals surface area (Å²) in [5, 5.41) is 11.4. The molecule has 5 nitrogen and oxygen atoms in total. The van der Waals surface area contributed by atoms with E-state index >= 15 is 0 Å². The number of anilines is 1. The molecule has 2 rings (SSSR count). The van der Waals surface area contributed by atoms with E-state index in [1.54, 1.807) is 10.9 Å². The van der Waals surface area contributed by atoms with Crippen molar-refractivity contribution in [1.82, 2.24) is 15.2 Å². The monoisotopic (exact) mass is 236 g/mol. The van der Waals surface area contributed by atoms with E-state index in [0.717, 1.165) is 17.7 Å². The fourth-order valence-corrected chi connectivity index (χ4v) is 1.93. The molecular weight excluding hydrogens is 224 g/mol. The molecule has 0 bridgehead atoms. The molecule has 0 atom stereocenters. The van der Waals surface area contributed by atoms with Crippen molar-refractivity contribution in [3.63, 3.8) is 0 Å². The van der Waals surface area contributed by atoms with Crippen LogP contribution in [0.5, 0.6) is 0 Å². The maximum absolute atomic E-state index is 11.7. The zero-order valence-corrected chi connectivity index (χ0v) is 9.89. The first-order valence-electron chi connectivity index (χ1n) is 4.95. The molecule has 0 aliphatic carbocycles. The van der Waals surface area contributed by atoms with Gasteiger partial charge < -0.3 is 5.32 Å². The zero-order chi connectivity index (χ0) is 11.5. The number of carbonyl (C=O) groups is 1. The minimum atomic E-state index is -0.224. The molecule has 2 aromatic heterocycles. The zero-order valence-electron chi connectivity index (χ0n) is 9.07. The average molecular weight is 236 g/mol. The van der Waals surface area contributed by atoms with Crippen molar-refractivity contribution in [2.75, 3.05) is 5.32 Å². The Balaban J connectivity index is 2.15. The van der Waals surface area contributed by atoms with E-state index in [1.807, 2.05) is 13.8 Å². The summed E-state index contributed by atoms with van der Waals surface area (Å²) in [7, 11) is 0. The molecule has 0 fully saturated rings. The van der Waals surface area contributed by atoms with Crippen molar-refractivity contribution in [3.8, 4) is 0 Å². The Bertz CT molecular complexity index is 489. The highest BCUT2D eigenvalue weighted by atomic mass is 32.1. The molecule has 2 heterocycles. The number of rotatable bonds is 3. The molecule has 2 aromatic rings. The lowest BCUT2D eigenvalue weighted by Crippen LogP contribution is -2.13. The van der Waals surface area contributed by atoms with Gasteiger partial charge in [-0.3, -0.25) is 9.89 Å². The highest BCUT2D eigenvalue weighted by Gasteiger charge is 2.13. The topological polar surface area (TPSA) is 70.7 Å². The summed E-state index contributed by atoms with van der Waals surface area (Å²) in [4.78, 5) is 15.6. The van der Waals surface area contributed by atoms with Crippen LogP contribution < -0.4 is 5.32 Å². The van der Waals surface area contributed by atoms with Gasteiger partial charge in [-0.25, -0.2) is 4.98 Å². The number of hydrogen-bond acceptors (Lipinski definition) is 4. The molecule has 16 heavy (non-hydrogen) atoms. The van der Waals surface area contributed by atoms with Gasteiger partial charge in [0.15, 0.2) is 5.82 Å². The van der Waals surface area contributed by atoms with Gasteiger partial charge in [-0.15, -0.1) is 11.3 Å². The van der Waals surface area contributed by atoms with Crippen LogP contribution in [0.1, 0.15) is 28.7 Å². The maximum atomic E-state index is 11.7. The number of aromatic nitrogens is 3. The van der Waals surface area contributed by atoms with Crippen molar-refractivity contribution in [1.29, 1.82) is 0 Å². The van der Waals surface area contributed by atoms with Crippen molar-refractivity contribution < 1.29 is 4.79 Å². The first kappa shape index (κ1) is 10.8. The molecule has 2 N–H and O–H groups in total. The third-order valence-electron chi connectivity index (χ3n) is 2.36. The SMILES string of the molecule is CCc1[nH]nc(NC(=O)c2cscn2)c1C. The lowest BCUT2D eigenvalue weighted by Gasteiger charge is -2.00. The lowest BCUT2D eigenvalue weighted by molar-refractivity contribution is 0.102. The van der Waals surface area contributed by atoms with E-state index in [1.165, 1.54) is 11.3 Å². The normalized spacial score (nSPS) is 10.4. The van der Waals surface area contributed by atoms with Crippen molar-refractivity contribution in [2.45, 2.75) is 20.3 Å². The van der Waals surface area contributed by atoms with Gasteiger partial charge in [0.05, 0.1) is 5.51 Å². The Morgan fingerprint density at radius 2 is 2.44 bits per heavy atom. The smallest absolute Gasteiger partial charge is 0.276 e. The van der Waals surface area contributed by atoms with Crippen LogP contribution >= 0.6 is 11.3 Å². The first-order chi connectivity index (χ1) is 7.72. The molecule has 0 saturated heterocycles. The van der Waals surface area contributed by atoms with Gasteiger partial charge in [-0.1, -0.05) is 6.92 Å². The van der Waals surface area contributed by atoms with Crippen LogP contribution in [0.25, 0.3) is 0 Å². The van der Waals surface area contributed by atoms with Crippen LogP contribution in [0.4, 0.5) is 5.82 Å². The first-order valence-corrected chi connectivity index (χ1v) is 5.90. The number of nitrogens with zero attached hydrogens (tertiary/aromatic N) is 2. The van der Waals surface area contributed by atoms with E-state index in [2.05, 4.69) is 20.5 Å². The summed E-state index contributed by atoms with van der Waals surface area (Å²) >= 11 is 1.39. The van der Waals surface area contributed by atoms with E-state index in [4.69, 9.17) is 0 Å². The van der Waals surface area contributed by atoms with Crippen LogP contribution in [0.3, 0.4) is 0 Å². The highest BCUT2D eigenvalue weighted by molar-refractivity contribution is 7.07. The molecule has 84 valence electrons. The molecule has 0 aliphatic heterocycles. The number of nitrogens with one attached hydrogen (secondary N) is 2. The third kappa shape index (κ3) is 1.96. The van der Waals surface area contributed by atoms with Gasteiger partial charge >= 0.3 is 0 Å². The van der Waals surface area contributed by atoms with E-state index < -0.39 is 0 Å². The number of carbonyl (C=O) groups excluding carboxylic acids is 1. The molecule has 0 spiro atoms. The molecule has 0 radical (unpaired) electrons. The Hall–Kier alpha value is -1.69. The molecule has 1 amide bonds. The van der Waals surface area contributed by atoms with Gasteiger partial charge in [-0.2, -0.15) is 5.10 Å². The summed E-state index contributed by atoms with van der Waals surface area (Å²) in [5.74, 6) is 0.355. The fourth-order valence-electron chi connectivity index (χ4n) is 1.40. The second-order valence-corrected chi connectivity index (χ2v) is 4.08. The third-order valence-corrected chi connectivity index (χ3v) is 2.95. The summed E-state index contributed by atoms with van der Waals surface area (Å²) in [6.07, 6.45) is 0.866. The highest BCUT2D eigenvalue weighted by Crippen LogP contribution is 2.16. The summed E-state index contributed by atoms with van der Waals surface area (Å²) in [6.45, 7) is 3.96. The lowest BCUT2D eigenvalue weighted by atomic mass is 10.2. The van der Waals surface area contributed by atoms with E-state index in [0.29, 0.717) is 11.5 Å². The summed E-state index contributed by atoms with van der Waals surface area (Å²) < 4.78 is 0. The fraction of sp³-hybridized carbons (Fsp3) is 0.300. The minimum absolute atomic E-state index is 0.224. The van der Waals surface area contributed by atoms with Crippen molar-refractivity contribution in [2.24, 2.45) is 0 Å². The number of amides is 1. The van der Waals surface area contributed by atoms with Gasteiger partial charge in [0.25, 0.3) is 5.91 Å². The molecule has 6 heteroatoms. The Morgan fingerprint density at radius 3 is 3.00 bits per heavy atom. The number of hydrogen-bond donors (Lipinski definition) is 2. The number of aryl methyl sites for hydroxylation is 1. The molecule has 0 saturated carbocycles. The molecule has 0 unspecified atom stereocenters. The van der Waals surface area contributed by atoms with Gasteiger partial charge in [-0.05, 0) is 13.3 Å². The molecule has 0 aliphatic rings. The van der Waals surface area contributed by atoms with Crippen molar-refractivity contribution in [3.05, 3.63) is 27.8 Å². The molecular formula is C10H12N4OS. The summed E-state index contributed by atoms with van der Waals surface area (Å²) in [5.41, 5.74) is 4.06. The minimum Gasteiger partial charge on any atom is -0.303 e. The van der Waals surface area contributed by atoms with Crippen LogP contribution in [-0.4, -0.2) is 21.1 Å². The van der Waals surface area contributed by atoms with Crippen LogP contribution in [0.2, 0.25) is 0 Å². The van der Waals surface area contributed by atoms with Gasteiger partial charge in [0.1, 0.15) is 5.69 Å². The molecule has 0 aromatic carbocycles. The van der Waals surface area contributed by atoms with Gasteiger partial charge in [0, 0.05) is 16.6 Å². The number of aromatic amines is 1. The van der Waals surface area contributed by atoms with E-state index in [9.17, 15) is 4.79 Å². The predicted molar refractivity (Wildman–Crippen MR) is 62.8 cm³/mol. The van der Waals surface area contributed by atoms with Crippen LogP contribution in [0, 0.1) is 6.92 Å². The van der Waals surface area contributed by atoms with Gasteiger partial charge in [0.2, 0.25) is 0 Å². The maximum Gasteiger partial charge on any atom is 0.276 e. The largest absolute Gasteiger partial charge is 0.303 e. The van der Waals surface area contributed by atoms with Crippen LogP contribution in [0.15, 0.2) is 10.9 Å². The predicted octanol–water partition coefficient (Wildman–Crippen LogP) is 1.99. The second kappa shape index (κ2) is 4.44. The van der Waals surface area contributed by atoms with Crippen LogP contribution in [-0.2, 0) is 6.42 Å². The van der Waals surface area contributed by atoms with Crippen molar-refractivity contribution >= 4 is 23.1 Å². The number of thiazole rings is 1. The second-order valence-electron chi connectivity index (χ2n) is 3.36.